The molecule has 0 atom stereocenters. The Hall–Kier alpha value is 0.688. The maximum Gasteiger partial charge on any atom is 0 e. The van der Waals surface area contributed by atoms with E-state index in [4.69, 9.17) is 0 Å². The van der Waals surface area contributed by atoms with Crippen molar-refractivity contribution in [3.63, 3.8) is 0 Å². The summed E-state index contributed by atoms with van der Waals surface area (Å²) < 4.78 is 1.72. The minimum atomic E-state index is -0.694. The van der Waals surface area contributed by atoms with Crippen molar-refractivity contribution < 1.29 is 21.1 Å². The van der Waals surface area contributed by atoms with Crippen molar-refractivity contribution in [2.75, 3.05) is 0 Å². The molecule has 0 saturated heterocycles. The molecule has 1 heterocycles. The van der Waals surface area contributed by atoms with Gasteiger partial charge in [0.2, 0.25) is 0 Å². The van der Waals surface area contributed by atoms with Crippen molar-refractivity contribution in [2.24, 2.45) is 5.41 Å². The fraction of sp³-hybridized carbons (Fsp3) is 0.583. The van der Waals surface area contributed by atoms with Gasteiger partial charge in [0.1, 0.15) is 0 Å². The van der Waals surface area contributed by atoms with Gasteiger partial charge in [0.15, 0.2) is 0 Å². The summed E-state index contributed by atoms with van der Waals surface area (Å²) in [7, 11) is 0. The van der Waals surface area contributed by atoms with E-state index in [9.17, 15) is 0 Å². The third-order valence-electron chi connectivity index (χ3n) is 2.15. The molecule has 1 aliphatic rings. The number of rotatable bonds is 1. The van der Waals surface area contributed by atoms with Gasteiger partial charge in [-0.25, -0.2) is 0 Å². The van der Waals surface area contributed by atoms with Crippen LogP contribution in [0.4, 0.5) is 0 Å². The monoisotopic (exact) mass is 428 g/mol. The zero-order valence-electron chi connectivity index (χ0n) is 9.97. The van der Waals surface area contributed by atoms with Crippen LogP contribution in [0, 0.1) is 10.2 Å². The molecule has 0 fully saturated rings. The van der Waals surface area contributed by atoms with Crippen molar-refractivity contribution >= 4 is 13.9 Å². The molecule has 0 aliphatic carbocycles. The molecule has 1 rings (SSSR count). The van der Waals surface area contributed by atoms with Gasteiger partial charge in [-0.05, 0) is 0 Å². The predicted octanol–water partition coefficient (Wildman–Crippen LogP) is 3.64. The van der Waals surface area contributed by atoms with Gasteiger partial charge in [-0.15, -0.1) is 0 Å². The number of hydrogen-bond acceptors (Lipinski definition) is 0. The van der Waals surface area contributed by atoms with Gasteiger partial charge in [-0.1, -0.05) is 0 Å². The van der Waals surface area contributed by atoms with Gasteiger partial charge in [0.05, 0.1) is 0 Å². The summed E-state index contributed by atoms with van der Waals surface area (Å²) in [4.78, 5) is 4.07. The zero-order valence-corrected chi connectivity index (χ0v) is 14.6. The van der Waals surface area contributed by atoms with Gasteiger partial charge in [-0.3, -0.25) is 0 Å². The van der Waals surface area contributed by atoms with Crippen molar-refractivity contribution in [1.82, 2.24) is 0 Å². The summed E-state index contributed by atoms with van der Waals surface area (Å²) >= 11 is -0.694. The Bertz CT molecular complexity index is 256. The molecule has 0 amide bonds. The van der Waals surface area contributed by atoms with Gasteiger partial charge in [0, 0.05) is 21.1 Å². The molecule has 0 unspecified atom stereocenters. The second-order valence-electron chi connectivity index (χ2n) is 4.81. The predicted molar refractivity (Wildman–Crippen MR) is 61.6 cm³/mol. The maximum absolute atomic E-state index is 2.45. The smallest absolute Gasteiger partial charge is 0 e. The van der Waals surface area contributed by atoms with Crippen molar-refractivity contribution in [3.05, 3.63) is 25.9 Å². The molecule has 0 aromatic carbocycles. The molecule has 81 valence electrons. The first kappa shape index (κ1) is 14.7. The van der Waals surface area contributed by atoms with E-state index in [0.29, 0.717) is 5.41 Å². The summed E-state index contributed by atoms with van der Waals surface area (Å²) in [5, 5.41) is 0. The van der Waals surface area contributed by atoms with Crippen LogP contribution in [-0.4, -0.2) is 13.9 Å². The minimum Gasteiger partial charge on any atom is 0 e. The summed E-state index contributed by atoms with van der Waals surface area (Å²) in [6, 6.07) is 0. The Labute approximate surface area is 107 Å². The summed E-state index contributed by atoms with van der Waals surface area (Å²) in [6.07, 6.45) is 2.32. The molecule has 0 N–H and O–H groups in total. The first-order valence-electron chi connectivity index (χ1n) is 4.77. The van der Waals surface area contributed by atoms with E-state index in [-0.39, 0.29) is 21.1 Å². The van der Waals surface area contributed by atoms with Crippen molar-refractivity contribution in [1.29, 1.82) is 0 Å². The number of hydrogen-bond donors (Lipinski definition) is 0. The second-order valence-corrected chi connectivity index (χ2v) is 9.37. The Morgan fingerprint density at radius 2 is 1.71 bits per heavy atom. The van der Waals surface area contributed by atoms with Crippen LogP contribution in [0.5, 0.6) is 0 Å². The molecule has 2 heteroatoms. The van der Waals surface area contributed by atoms with E-state index in [1.165, 1.54) is 5.57 Å². The largest absolute Gasteiger partial charge is 0 e. The normalized spacial score (nSPS) is 17.9. The molecule has 0 bridgehead atoms. The fourth-order valence-electron chi connectivity index (χ4n) is 1.75. The number of allylic oxidation sites excluding steroid dienone is 3. The third kappa shape index (κ3) is 3.09. The topological polar surface area (TPSA) is 0 Å². The van der Waals surface area contributed by atoms with Crippen LogP contribution >= 0.6 is 0 Å². The Morgan fingerprint density at radius 3 is 2.00 bits per heavy atom. The van der Waals surface area contributed by atoms with Gasteiger partial charge >= 0.3 is 86.8 Å². The average molecular weight is 427 g/mol. The SMILES string of the molecule is CC1=C(C(C)(C)C)[Se]([C-](C)C)C=C1.[W]. The van der Waals surface area contributed by atoms with E-state index in [2.05, 4.69) is 52.6 Å². The molecule has 1 radical (unpaired) electrons. The molecular formula is C12H20SeW-. The standard InChI is InChI=1S/C12H20Se.W/c1-9(2)13-8-7-10(3)11(13)12(4,5)6;/h7-8H,1-6H3;/q-1;. The van der Waals surface area contributed by atoms with Crippen molar-refractivity contribution in [2.45, 2.75) is 41.5 Å². The molecule has 1 aliphatic heterocycles. The second kappa shape index (κ2) is 5.15. The van der Waals surface area contributed by atoms with Crippen LogP contribution in [0.25, 0.3) is 0 Å². The Balaban J connectivity index is 0.00000169. The fourth-order valence-corrected chi connectivity index (χ4v) is 6.43. The van der Waals surface area contributed by atoms with Crippen LogP contribution in [0.15, 0.2) is 21.1 Å². The molecular weight excluding hydrogens is 407 g/mol. The third-order valence-corrected chi connectivity index (χ3v) is 7.74. The molecule has 0 aromatic rings. The summed E-state index contributed by atoms with van der Waals surface area (Å²) in [5.74, 6) is 0. The molecule has 0 nitrogen and oxygen atoms in total. The van der Waals surface area contributed by atoms with Crippen LogP contribution in [0.3, 0.4) is 0 Å². The van der Waals surface area contributed by atoms with Crippen LogP contribution in [0.2, 0.25) is 0 Å². The quantitative estimate of drug-likeness (QED) is 0.443. The average Bonchev–Trinajstić information content (AvgIpc) is 2.28. The molecule has 14 heavy (non-hydrogen) atoms. The minimum absolute atomic E-state index is 0. The van der Waals surface area contributed by atoms with Crippen LogP contribution < -0.4 is 0 Å². The van der Waals surface area contributed by atoms with Crippen molar-refractivity contribution in [3.8, 4) is 0 Å². The molecule has 0 saturated carbocycles. The first-order chi connectivity index (χ1) is 5.84. The molecule has 0 aromatic heterocycles. The van der Waals surface area contributed by atoms with E-state index >= 15 is 0 Å². The van der Waals surface area contributed by atoms with Gasteiger partial charge in [-0.2, -0.15) is 0 Å². The van der Waals surface area contributed by atoms with E-state index in [1.54, 1.807) is 9.29 Å². The Kier molecular flexibility index (Phi) is 5.40. The van der Waals surface area contributed by atoms with E-state index < -0.39 is 13.9 Å². The molecule has 0 spiro atoms. The Morgan fingerprint density at radius 1 is 1.21 bits per heavy atom. The zero-order chi connectivity index (χ0) is 10.2. The first-order valence-corrected chi connectivity index (χ1v) is 7.47. The van der Waals surface area contributed by atoms with Gasteiger partial charge in [0.25, 0.3) is 0 Å². The van der Waals surface area contributed by atoms with Crippen LogP contribution in [0.1, 0.15) is 41.5 Å². The maximum atomic E-state index is 2.45. The summed E-state index contributed by atoms with van der Waals surface area (Å²) in [5.41, 5.74) is 1.87. The van der Waals surface area contributed by atoms with E-state index in [0.717, 1.165) is 0 Å². The summed E-state index contributed by atoms with van der Waals surface area (Å²) in [6.45, 7) is 13.8. The van der Waals surface area contributed by atoms with Crippen LogP contribution in [-0.2, 0) is 21.1 Å². The van der Waals surface area contributed by atoms with E-state index in [1.807, 2.05) is 0 Å². The van der Waals surface area contributed by atoms with Gasteiger partial charge < -0.3 is 0 Å².